The van der Waals surface area contributed by atoms with Gasteiger partial charge in [0.05, 0.1) is 11.4 Å². The minimum absolute atomic E-state index is 0.00936. The molecule has 1 atom stereocenters. The van der Waals surface area contributed by atoms with Crippen molar-refractivity contribution in [3.05, 3.63) is 182 Å². The summed E-state index contributed by atoms with van der Waals surface area (Å²) in [5, 5.41) is 3.55. The van der Waals surface area contributed by atoms with Crippen molar-refractivity contribution in [3.8, 4) is 22.3 Å². The van der Waals surface area contributed by atoms with Gasteiger partial charge >= 0.3 is 0 Å². The molecule has 1 unspecified atom stereocenters. The lowest BCUT2D eigenvalue weighted by molar-refractivity contribution is 0.668. The van der Waals surface area contributed by atoms with Crippen molar-refractivity contribution in [1.29, 1.82) is 0 Å². The molecule has 1 heterocycles. The van der Waals surface area contributed by atoms with Crippen LogP contribution in [0.5, 0.6) is 0 Å². The van der Waals surface area contributed by atoms with Crippen LogP contribution in [0.1, 0.15) is 11.7 Å². The Bertz CT molecular complexity index is 1700. The highest BCUT2D eigenvalue weighted by Crippen LogP contribution is 2.44. The fourth-order valence-corrected chi connectivity index (χ4v) is 5.66. The Kier molecular flexibility index (Phi) is 6.97. The molecule has 1 aliphatic rings. The molecule has 0 fully saturated rings. The van der Waals surface area contributed by atoms with E-state index >= 15 is 0 Å². The van der Waals surface area contributed by atoms with E-state index in [-0.39, 0.29) is 6.17 Å². The second kappa shape index (κ2) is 11.5. The average Bonchev–Trinajstić information content (AvgIpc) is 3.57. The van der Waals surface area contributed by atoms with Gasteiger partial charge < -0.3 is 15.1 Å². The summed E-state index contributed by atoms with van der Waals surface area (Å²) in [6.07, 6.45) is 4.17. The van der Waals surface area contributed by atoms with Crippen molar-refractivity contribution >= 4 is 22.7 Å². The lowest BCUT2D eigenvalue weighted by Gasteiger charge is -2.33. The summed E-state index contributed by atoms with van der Waals surface area (Å²) in [5.74, 6) is 0. The maximum absolute atomic E-state index is 3.55. The van der Waals surface area contributed by atoms with Crippen molar-refractivity contribution < 1.29 is 0 Å². The van der Waals surface area contributed by atoms with Gasteiger partial charge in [-0.05, 0) is 64.2 Å². The van der Waals surface area contributed by atoms with Crippen molar-refractivity contribution in [3.63, 3.8) is 0 Å². The van der Waals surface area contributed by atoms with E-state index in [0.29, 0.717) is 0 Å². The molecule has 0 saturated carbocycles. The third-order valence-electron chi connectivity index (χ3n) is 7.75. The third-order valence-corrected chi connectivity index (χ3v) is 7.75. The highest BCUT2D eigenvalue weighted by atomic mass is 15.3. The molecule has 1 N–H and O–H groups in total. The van der Waals surface area contributed by atoms with Gasteiger partial charge in [0.2, 0.25) is 0 Å². The van der Waals surface area contributed by atoms with E-state index in [1.54, 1.807) is 0 Å². The number of anilines is 4. The van der Waals surface area contributed by atoms with Crippen LogP contribution in [0.3, 0.4) is 0 Å². The van der Waals surface area contributed by atoms with Crippen LogP contribution in [0.2, 0.25) is 0 Å². The van der Waals surface area contributed by atoms with E-state index in [9.17, 15) is 0 Å². The molecule has 3 nitrogen and oxygen atoms in total. The summed E-state index contributed by atoms with van der Waals surface area (Å²) in [5.41, 5.74) is 10.4. The summed E-state index contributed by atoms with van der Waals surface area (Å²) in [4.78, 5) is 4.67. The van der Waals surface area contributed by atoms with Crippen LogP contribution in [0.15, 0.2) is 176 Å². The molecule has 6 aromatic carbocycles. The number of nitrogens with one attached hydrogen (secondary N) is 1. The average molecular weight is 542 g/mol. The van der Waals surface area contributed by atoms with E-state index in [0.717, 1.165) is 22.7 Å². The fraction of sp³-hybridized carbons (Fsp3) is 0.0256. The minimum atomic E-state index is 0.00936. The lowest BCUT2D eigenvalue weighted by atomic mass is 10.0. The Morgan fingerprint density at radius 3 is 1.45 bits per heavy atom. The first-order valence-corrected chi connectivity index (χ1v) is 14.3. The van der Waals surface area contributed by atoms with Gasteiger partial charge in [-0.25, -0.2) is 0 Å². The molecule has 0 radical (unpaired) electrons. The topological polar surface area (TPSA) is 18.5 Å². The van der Waals surface area contributed by atoms with E-state index in [2.05, 4.69) is 185 Å². The molecule has 1 aliphatic heterocycles. The number of nitrogens with zero attached hydrogens (tertiary/aromatic N) is 2. The molecule has 0 bridgehead atoms. The fourth-order valence-electron chi connectivity index (χ4n) is 5.66. The second-order valence-electron chi connectivity index (χ2n) is 10.4. The molecule has 3 heteroatoms. The molecule has 0 saturated heterocycles. The number of para-hydroxylation sites is 2. The number of hydrogen-bond acceptors (Lipinski definition) is 3. The summed E-state index contributed by atoms with van der Waals surface area (Å²) in [7, 11) is 0. The normalized spacial score (nSPS) is 14.0. The minimum Gasteiger partial charge on any atom is -0.366 e. The third kappa shape index (κ3) is 5.04. The molecular formula is C39H31N3. The summed E-state index contributed by atoms with van der Waals surface area (Å²) in [6.45, 7) is 0. The molecule has 0 aliphatic carbocycles. The molecule has 0 spiro atoms. The van der Waals surface area contributed by atoms with Gasteiger partial charge in [-0.2, -0.15) is 0 Å². The first-order chi connectivity index (χ1) is 20.8. The van der Waals surface area contributed by atoms with Gasteiger partial charge in [0.25, 0.3) is 0 Å². The first kappa shape index (κ1) is 25.4. The van der Waals surface area contributed by atoms with Crippen LogP contribution in [0.25, 0.3) is 22.3 Å². The van der Waals surface area contributed by atoms with Gasteiger partial charge in [0.1, 0.15) is 6.17 Å². The monoisotopic (exact) mass is 541 g/mol. The van der Waals surface area contributed by atoms with Crippen LogP contribution >= 0.6 is 0 Å². The SMILES string of the molecule is C1=CN(c2ccccc2N(c2ccc(-c3ccccc3)cc2)c2ccc(-c3ccccc3)cc2)C(c2ccccc2)N1. The Hall–Kier alpha value is -5.54. The maximum atomic E-state index is 3.55. The van der Waals surface area contributed by atoms with Crippen molar-refractivity contribution in [2.45, 2.75) is 6.17 Å². The van der Waals surface area contributed by atoms with Gasteiger partial charge in [0, 0.05) is 23.8 Å². The Morgan fingerprint density at radius 2 is 0.905 bits per heavy atom. The second-order valence-corrected chi connectivity index (χ2v) is 10.4. The highest BCUT2D eigenvalue weighted by Gasteiger charge is 2.26. The van der Waals surface area contributed by atoms with Gasteiger partial charge in [-0.1, -0.05) is 127 Å². The zero-order valence-electron chi connectivity index (χ0n) is 23.2. The van der Waals surface area contributed by atoms with Gasteiger partial charge in [-0.15, -0.1) is 0 Å². The number of hydrogen-bond donors (Lipinski definition) is 1. The molecule has 202 valence electrons. The van der Waals surface area contributed by atoms with Crippen molar-refractivity contribution in [2.24, 2.45) is 0 Å². The van der Waals surface area contributed by atoms with Crippen LogP contribution in [-0.4, -0.2) is 0 Å². The summed E-state index contributed by atoms with van der Waals surface area (Å²) in [6, 6.07) is 58.0. The standard InChI is InChI=1S/C39H31N3/c1-4-12-30(13-5-1)32-20-24-35(25-21-32)42(36-26-22-33(23-27-36)31-14-6-2-7-15-31)38-19-11-10-18-37(38)41-29-28-40-39(41)34-16-8-3-9-17-34/h1-29,39-40H. The molecule has 42 heavy (non-hydrogen) atoms. The first-order valence-electron chi connectivity index (χ1n) is 14.3. The predicted octanol–water partition coefficient (Wildman–Crippen LogP) is 10.1. The Morgan fingerprint density at radius 1 is 0.452 bits per heavy atom. The maximum Gasteiger partial charge on any atom is 0.129 e. The molecule has 0 aromatic heterocycles. The predicted molar refractivity (Wildman–Crippen MR) is 176 cm³/mol. The van der Waals surface area contributed by atoms with E-state index in [1.807, 2.05) is 6.20 Å². The van der Waals surface area contributed by atoms with Crippen LogP contribution < -0.4 is 15.1 Å². The van der Waals surface area contributed by atoms with Gasteiger partial charge in [-0.3, -0.25) is 0 Å². The number of benzene rings is 6. The lowest BCUT2D eigenvalue weighted by Crippen LogP contribution is -2.27. The largest absolute Gasteiger partial charge is 0.366 e. The Labute approximate surface area is 247 Å². The highest BCUT2D eigenvalue weighted by molar-refractivity contribution is 5.87. The van der Waals surface area contributed by atoms with Crippen molar-refractivity contribution in [2.75, 3.05) is 9.80 Å². The van der Waals surface area contributed by atoms with Crippen LogP contribution in [0, 0.1) is 0 Å². The summed E-state index contributed by atoms with van der Waals surface area (Å²) < 4.78 is 0. The van der Waals surface area contributed by atoms with Gasteiger partial charge in [0.15, 0.2) is 0 Å². The van der Waals surface area contributed by atoms with Crippen LogP contribution in [0.4, 0.5) is 22.7 Å². The van der Waals surface area contributed by atoms with E-state index in [4.69, 9.17) is 0 Å². The molecule has 0 amide bonds. The summed E-state index contributed by atoms with van der Waals surface area (Å²) >= 11 is 0. The quantitative estimate of drug-likeness (QED) is 0.217. The molecule has 6 aromatic rings. The van der Waals surface area contributed by atoms with E-state index < -0.39 is 0 Å². The smallest absolute Gasteiger partial charge is 0.129 e. The Balaban J connectivity index is 1.33. The zero-order valence-corrected chi connectivity index (χ0v) is 23.2. The van der Waals surface area contributed by atoms with Crippen LogP contribution in [-0.2, 0) is 0 Å². The zero-order chi connectivity index (χ0) is 28.1. The molecule has 7 rings (SSSR count). The van der Waals surface area contributed by atoms with Crippen molar-refractivity contribution in [1.82, 2.24) is 5.32 Å². The van der Waals surface area contributed by atoms with E-state index in [1.165, 1.54) is 27.8 Å². The molecular weight excluding hydrogens is 510 g/mol. The number of rotatable bonds is 7.